The van der Waals surface area contributed by atoms with Gasteiger partial charge >= 0.3 is 0 Å². The average molecular weight is 333 g/mol. The van der Waals surface area contributed by atoms with E-state index >= 15 is 0 Å². The van der Waals surface area contributed by atoms with Crippen LogP contribution in [-0.4, -0.2) is 63.2 Å². The van der Waals surface area contributed by atoms with E-state index in [0.29, 0.717) is 16.8 Å². The minimum Gasteiger partial charge on any atom is -0.335 e. The third-order valence-electron chi connectivity index (χ3n) is 4.42. The van der Waals surface area contributed by atoms with E-state index in [4.69, 9.17) is 0 Å². The molecule has 124 valence electrons. The molecule has 3 rings (SSSR count). The second-order valence-electron chi connectivity index (χ2n) is 6.48. The molecule has 7 heteroatoms. The largest absolute Gasteiger partial charge is 0.335 e. The van der Waals surface area contributed by atoms with Gasteiger partial charge in [-0.15, -0.1) is 11.3 Å². The molecule has 2 aromatic heterocycles. The van der Waals surface area contributed by atoms with E-state index in [1.807, 2.05) is 18.1 Å². The van der Waals surface area contributed by atoms with Crippen molar-refractivity contribution < 1.29 is 4.79 Å². The molecule has 0 saturated carbocycles. The van der Waals surface area contributed by atoms with Crippen LogP contribution in [0.2, 0.25) is 0 Å². The second-order valence-corrected chi connectivity index (χ2v) is 7.51. The molecule has 0 aromatic carbocycles. The van der Waals surface area contributed by atoms with Gasteiger partial charge in [0.05, 0.1) is 12.4 Å². The van der Waals surface area contributed by atoms with Crippen molar-refractivity contribution in [3.8, 4) is 10.6 Å². The van der Waals surface area contributed by atoms with Gasteiger partial charge in [0.2, 0.25) is 0 Å². The van der Waals surface area contributed by atoms with Crippen LogP contribution < -0.4 is 0 Å². The van der Waals surface area contributed by atoms with Crippen molar-refractivity contribution in [2.75, 3.05) is 26.7 Å². The van der Waals surface area contributed by atoms with Gasteiger partial charge < -0.3 is 4.90 Å². The fraction of sp³-hybridized carbons (Fsp3) is 0.562. The van der Waals surface area contributed by atoms with Crippen LogP contribution in [0.25, 0.3) is 10.6 Å². The van der Waals surface area contributed by atoms with E-state index in [2.05, 4.69) is 35.9 Å². The second kappa shape index (κ2) is 6.41. The predicted molar refractivity (Wildman–Crippen MR) is 91.5 cm³/mol. The molecule has 1 amide bonds. The first-order valence-corrected chi connectivity index (χ1v) is 8.71. The summed E-state index contributed by atoms with van der Waals surface area (Å²) in [7, 11) is 4.01. The number of thiazole rings is 1. The maximum atomic E-state index is 12.8. The van der Waals surface area contributed by atoms with Crippen molar-refractivity contribution in [2.45, 2.75) is 19.9 Å². The summed E-state index contributed by atoms with van der Waals surface area (Å²) < 4.78 is 1.74. The van der Waals surface area contributed by atoms with Crippen LogP contribution in [0.15, 0.2) is 18.6 Å². The van der Waals surface area contributed by atoms with Crippen LogP contribution in [0, 0.1) is 5.92 Å². The summed E-state index contributed by atoms with van der Waals surface area (Å²) in [6.45, 7) is 6.90. The van der Waals surface area contributed by atoms with Gasteiger partial charge in [-0.25, -0.2) is 4.98 Å². The molecule has 1 saturated heterocycles. The van der Waals surface area contributed by atoms with Crippen molar-refractivity contribution in [3.05, 3.63) is 23.5 Å². The molecule has 0 aliphatic carbocycles. The van der Waals surface area contributed by atoms with Crippen molar-refractivity contribution in [1.29, 1.82) is 0 Å². The number of nitrogens with zero attached hydrogens (tertiary/aromatic N) is 5. The first-order chi connectivity index (χ1) is 11.0. The highest BCUT2D eigenvalue weighted by Gasteiger charge is 2.30. The first kappa shape index (κ1) is 16.1. The molecule has 3 heterocycles. The molecule has 1 aliphatic rings. The number of aryl methyl sites for hydroxylation is 1. The quantitative estimate of drug-likeness (QED) is 0.861. The van der Waals surface area contributed by atoms with Gasteiger partial charge in [0.25, 0.3) is 5.91 Å². The number of hydrogen-bond donors (Lipinski definition) is 0. The number of likely N-dealkylation sites (N-methyl/N-ethyl adjacent to an activating group) is 1. The van der Waals surface area contributed by atoms with Crippen LogP contribution >= 0.6 is 11.3 Å². The summed E-state index contributed by atoms with van der Waals surface area (Å²) in [5.74, 6) is 0.624. The van der Waals surface area contributed by atoms with Gasteiger partial charge in [-0.1, -0.05) is 13.8 Å². The van der Waals surface area contributed by atoms with Crippen molar-refractivity contribution in [3.63, 3.8) is 0 Å². The van der Waals surface area contributed by atoms with E-state index in [-0.39, 0.29) is 5.91 Å². The third-order valence-corrected chi connectivity index (χ3v) is 5.46. The van der Waals surface area contributed by atoms with Crippen molar-refractivity contribution in [1.82, 2.24) is 24.6 Å². The lowest BCUT2D eigenvalue weighted by Gasteiger charge is -2.41. The molecule has 0 bridgehead atoms. The van der Waals surface area contributed by atoms with Gasteiger partial charge in [-0.05, 0) is 13.0 Å². The summed E-state index contributed by atoms with van der Waals surface area (Å²) >= 11 is 1.44. The molecular formula is C16H23N5OS. The van der Waals surface area contributed by atoms with E-state index in [9.17, 15) is 4.79 Å². The molecule has 23 heavy (non-hydrogen) atoms. The number of rotatable bonds is 3. The maximum absolute atomic E-state index is 12.8. The Kier molecular flexibility index (Phi) is 4.50. The highest BCUT2D eigenvalue weighted by molar-refractivity contribution is 7.16. The fourth-order valence-electron chi connectivity index (χ4n) is 3.00. The fourth-order valence-corrected chi connectivity index (χ4v) is 3.86. The van der Waals surface area contributed by atoms with E-state index in [0.717, 1.165) is 30.2 Å². The molecule has 1 unspecified atom stereocenters. The van der Waals surface area contributed by atoms with E-state index < -0.39 is 0 Å². The number of hydrogen-bond acceptors (Lipinski definition) is 5. The number of amides is 1. The zero-order valence-corrected chi connectivity index (χ0v) is 14.9. The van der Waals surface area contributed by atoms with Crippen molar-refractivity contribution >= 4 is 17.2 Å². The van der Waals surface area contributed by atoms with Gasteiger partial charge in [-0.2, -0.15) is 5.10 Å². The minimum absolute atomic E-state index is 0.0939. The van der Waals surface area contributed by atoms with Gasteiger partial charge in [0.15, 0.2) is 0 Å². The zero-order valence-electron chi connectivity index (χ0n) is 14.1. The molecular weight excluding hydrogens is 310 g/mol. The topological polar surface area (TPSA) is 54.3 Å². The molecule has 0 spiro atoms. The van der Waals surface area contributed by atoms with E-state index in [1.165, 1.54) is 11.3 Å². The Morgan fingerprint density at radius 2 is 2.09 bits per heavy atom. The van der Waals surface area contributed by atoms with Gasteiger partial charge in [0, 0.05) is 44.5 Å². The monoisotopic (exact) mass is 333 g/mol. The van der Waals surface area contributed by atoms with E-state index in [1.54, 1.807) is 17.1 Å². The summed E-state index contributed by atoms with van der Waals surface area (Å²) in [6.07, 6.45) is 5.38. The summed E-state index contributed by atoms with van der Waals surface area (Å²) in [4.78, 5) is 22.2. The molecule has 2 aromatic rings. The predicted octanol–water partition coefficient (Wildman–Crippen LogP) is 1.96. The Bertz CT molecular complexity index is 692. The first-order valence-electron chi connectivity index (χ1n) is 7.90. The number of aromatic nitrogens is 3. The lowest BCUT2D eigenvalue weighted by molar-refractivity contribution is 0.0469. The minimum atomic E-state index is 0.0939. The average Bonchev–Trinajstić information content (AvgIpc) is 3.15. The van der Waals surface area contributed by atoms with Crippen LogP contribution in [-0.2, 0) is 7.05 Å². The number of carbonyl (C=O) groups excluding carboxylic acids is 1. The maximum Gasteiger partial charge on any atom is 0.265 e. The summed E-state index contributed by atoms with van der Waals surface area (Å²) in [6, 6.07) is 0.415. The Labute approximate surface area is 140 Å². The Balaban J connectivity index is 1.74. The van der Waals surface area contributed by atoms with Gasteiger partial charge in [-0.3, -0.25) is 14.4 Å². The molecule has 6 nitrogen and oxygen atoms in total. The number of piperazine rings is 1. The molecule has 1 atom stereocenters. The molecule has 0 N–H and O–H groups in total. The highest BCUT2D eigenvalue weighted by Crippen LogP contribution is 2.26. The molecule has 1 aliphatic heterocycles. The normalized spacial score (nSPS) is 19.5. The lowest BCUT2D eigenvalue weighted by Crippen LogP contribution is -2.55. The van der Waals surface area contributed by atoms with Crippen molar-refractivity contribution in [2.24, 2.45) is 13.0 Å². The highest BCUT2D eigenvalue weighted by atomic mass is 32.1. The summed E-state index contributed by atoms with van der Waals surface area (Å²) in [5, 5.41) is 5.00. The van der Waals surface area contributed by atoms with Crippen LogP contribution in [0.3, 0.4) is 0 Å². The van der Waals surface area contributed by atoms with Crippen LogP contribution in [0.1, 0.15) is 23.5 Å². The Morgan fingerprint density at radius 1 is 1.30 bits per heavy atom. The Morgan fingerprint density at radius 3 is 2.74 bits per heavy atom. The summed E-state index contributed by atoms with van der Waals surface area (Å²) in [5.41, 5.74) is 0.954. The number of carbonyl (C=O) groups is 1. The van der Waals surface area contributed by atoms with Gasteiger partial charge in [0.1, 0.15) is 9.88 Å². The SMILES string of the molecule is CC(C)C1CN(C(=O)c2cnc(-c3cnn(C)c3)s2)CCN1C. The molecule has 0 radical (unpaired) electrons. The standard InChI is InChI=1S/C16H23N5OS/c1-11(2)13-10-21(6-5-19(13)3)16(22)14-8-17-15(23-14)12-7-18-20(4)9-12/h7-9,11,13H,5-6,10H2,1-4H3. The van der Waals surface area contributed by atoms with Crippen LogP contribution in [0.5, 0.6) is 0 Å². The third kappa shape index (κ3) is 3.30. The van der Waals surface area contributed by atoms with Crippen LogP contribution in [0.4, 0.5) is 0 Å². The lowest BCUT2D eigenvalue weighted by atomic mass is 10.00. The molecule has 1 fully saturated rings. The Hall–Kier alpha value is -1.73. The zero-order chi connectivity index (χ0) is 16.6. The smallest absolute Gasteiger partial charge is 0.265 e.